The summed E-state index contributed by atoms with van der Waals surface area (Å²) in [5.74, 6) is 7.17. The molecule has 1 aromatic heterocycles. The van der Waals surface area contributed by atoms with Crippen LogP contribution in [0.4, 0.5) is 11.6 Å². The Morgan fingerprint density at radius 2 is 1.90 bits per heavy atom. The lowest BCUT2D eigenvalue weighted by molar-refractivity contribution is 0.798. The molecule has 0 saturated heterocycles. The molecule has 0 atom stereocenters. The number of anilines is 2. The minimum absolute atomic E-state index is 0.698. The predicted octanol–water partition coefficient (Wildman–Crippen LogP) is 2.35. The number of nitrogens with one attached hydrogen (secondary N) is 1. The average Bonchev–Trinajstić information content (AvgIpc) is 2.52. The molecular weight excluding hydrogens is 250 g/mol. The Bertz CT molecular complexity index is 541. The lowest BCUT2D eigenvalue weighted by Crippen LogP contribution is -2.25. The van der Waals surface area contributed by atoms with Crippen molar-refractivity contribution in [2.45, 2.75) is 26.8 Å². The van der Waals surface area contributed by atoms with E-state index in [1.54, 1.807) is 6.33 Å². The number of rotatable bonds is 6. The molecule has 2 aromatic rings. The normalized spacial score (nSPS) is 10.3. The SMILES string of the molecule is CCc1c(NN)ncnc1N(CC)Cc1ccccc1. The number of hydrogen-bond acceptors (Lipinski definition) is 5. The third-order valence-corrected chi connectivity index (χ3v) is 3.31. The van der Waals surface area contributed by atoms with Crippen LogP contribution in [0, 0.1) is 0 Å². The van der Waals surface area contributed by atoms with E-state index in [0.29, 0.717) is 5.82 Å². The third-order valence-electron chi connectivity index (χ3n) is 3.31. The lowest BCUT2D eigenvalue weighted by Gasteiger charge is -2.25. The van der Waals surface area contributed by atoms with Gasteiger partial charge < -0.3 is 10.3 Å². The van der Waals surface area contributed by atoms with Crippen molar-refractivity contribution in [2.24, 2.45) is 5.84 Å². The molecule has 2 rings (SSSR count). The maximum atomic E-state index is 5.53. The van der Waals surface area contributed by atoms with Crippen LogP contribution >= 0.6 is 0 Å². The maximum Gasteiger partial charge on any atom is 0.148 e. The summed E-state index contributed by atoms with van der Waals surface area (Å²) in [6.07, 6.45) is 2.39. The number of nitrogens with two attached hydrogens (primary N) is 1. The van der Waals surface area contributed by atoms with Crippen molar-refractivity contribution in [1.82, 2.24) is 9.97 Å². The van der Waals surface area contributed by atoms with Gasteiger partial charge in [0.15, 0.2) is 0 Å². The summed E-state index contributed by atoms with van der Waals surface area (Å²) in [5.41, 5.74) is 4.96. The number of nitrogens with zero attached hydrogens (tertiary/aromatic N) is 3. The monoisotopic (exact) mass is 271 g/mol. The molecule has 0 fully saturated rings. The highest BCUT2D eigenvalue weighted by Crippen LogP contribution is 2.24. The molecule has 5 heteroatoms. The third kappa shape index (κ3) is 3.05. The van der Waals surface area contributed by atoms with Gasteiger partial charge in [0.2, 0.25) is 0 Å². The smallest absolute Gasteiger partial charge is 0.148 e. The van der Waals surface area contributed by atoms with Crippen LogP contribution in [-0.4, -0.2) is 16.5 Å². The van der Waals surface area contributed by atoms with Crippen molar-refractivity contribution in [3.8, 4) is 0 Å². The molecule has 1 heterocycles. The van der Waals surface area contributed by atoms with Gasteiger partial charge in [-0.3, -0.25) is 0 Å². The topological polar surface area (TPSA) is 67.1 Å². The minimum Gasteiger partial charge on any atom is -0.352 e. The second-order valence-electron chi connectivity index (χ2n) is 4.52. The zero-order chi connectivity index (χ0) is 14.4. The Hall–Kier alpha value is -2.14. The summed E-state index contributed by atoms with van der Waals surface area (Å²) in [6.45, 7) is 5.91. The van der Waals surface area contributed by atoms with Crippen LogP contribution in [-0.2, 0) is 13.0 Å². The van der Waals surface area contributed by atoms with E-state index < -0.39 is 0 Å². The van der Waals surface area contributed by atoms with Gasteiger partial charge in [0.25, 0.3) is 0 Å². The zero-order valence-electron chi connectivity index (χ0n) is 12.0. The molecule has 0 aliphatic carbocycles. The van der Waals surface area contributed by atoms with Gasteiger partial charge in [-0.15, -0.1) is 0 Å². The predicted molar refractivity (Wildman–Crippen MR) is 82.4 cm³/mol. The molecular formula is C15H21N5. The van der Waals surface area contributed by atoms with Crippen LogP contribution in [0.5, 0.6) is 0 Å². The van der Waals surface area contributed by atoms with Gasteiger partial charge in [-0.05, 0) is 18.9 Å². The average molecular weight is 271 g/mol. The van der Waals surface area contributed by atoms with E-state index in [2.05, 4.69) is 58.4 Å². The van der Waals surface area contributed by atoms with Crippen LogP contribution in [0.3, 0.4) is 0 Å². The van der Waals surface area contributed by atoms with Gasteiger partial charge in [-0.1, -0.05) is 37.3 Å². The molecule has 0 aliphatic heterocycles. The first-order valence-corrected chi connectivity index (χ1v) is 6.89. The molecule has 0 spiro atoms. The van der Waals surface area contributed by atoms with Crippen LogP contribution in [0.15, 0.2) is 36.7 Å². The Morgan fingerprint density at radius 3 is 2.50 bits per heavy atom. The summed E-state index contributed by atoms with van der Waals surface area (Å²) in [7, 11) is 0. The molecule has 0 radical (unpaired) electrons. The molecule has 0 aliphatic rings. The Balaban J connectivity index is 2.32. The summed E-state index contributed by atoms with van der Waals surface area (Å²) in [5, 5.41) is 0. The molecule has 0 amide bonds. The Labute approximate surface area is 119 Å². The summed E-state index contributed by atoms with van der Waals surface area (Å²) in [6, 6.07) is 10.4. The van der Waals surface area contributed by atoms with Gasteiger partial charge in [0.1, 0.15) is 18.0 Å². The second-order valence-corrected chi connectivity index (χ2v) is 4.52. The van der Waals surface area contributed by atoms with Crippen LogP contribution in [0.2, 0.25) is 0 Å². The van der Waals surface area contributed by atoms with Crippen molar-refractivity contribution >= 4 is 11.6 Å². The van der Waals surface area contributed by atoms with Gasteiger partial charge in [-0.25, -0.2) is 15.8 Å². The van der Waals surface area contributed by atoms with E-state index in [0.717, 1.165) is 30.9 Å². The van der Waals surface area contributed by atoms with Gasteiger partial charge in [-0.2, -0.15) is 0 Å². The van der Waals surface area contributed by atoms with Crippen molar-refractivity contribution < 1.29 is 0 Å². The number of hydrogen-bond donors (Lipinski definition) is 2. The molecule has 0 unspecified atom stereocenters. The van der Waals surface area contributed by atoms with Crippen LogP contribution in [0.25, 0.3) is 0 Å². The Kier molecular flexibility index (Phi) is 4.90. The first-order valence-electron chi connectivity index (χ1n) is 6.89. The number of nitrogen functional groups attached to an aromatic ring is 1. The molecule has 0 saturated carbocycles. The minimum atomic E-state index is 0.698. The molecule has 1 aromatic carbocycles. The van der Waals surface area contributed by atoms with E-state index in [9.17, 15) is 0 Å². The number of aromatic nitrogens is 2. The Morgan fingerprint density at radius 1 is 1.15 bits per heavy atom. The molecule has 0 bridgehead atoms. The second kappa shape index (κ2) is 6.86. The van der Waals surface area contributed by atoms with Gasteiger partial charge in [0, 0.05) is 18.7 Å². The highest BCUT2D eigenvalue weighted by molar-refractivity contribution is 5.58. The quantitative estimate of drug-likeness (QED) is 0.623. The fourth-order valence-corrected chi connectivity index (χ4v) is 2.27. The van der Waals surface area contributed by atoms with Crippen LogP contribution in [0.1, 0.15) is 25.0 Å². The molecule has 20 heavy (non-hydrogen) atoms. The van der Waals surface area contributed by atoms with E-state index >= 15 is 0 Å². The zero-order valence-corrected chi connectivity index (χ0v) is 12.0. The fraction of sp³-hybridized carbons (Fsp3) is 0.333. The van der Waals surface area contributed by atoms with Crippen molar-refractivity contribution in [2.75, 3.05) is 16.9 Å². The van der Waals surface area contributed by atoms with E-state index in [4.69, 9.17) is 5.84 Å². The highest BCUT2D eigenvalue weighted by atomic mass is 15.3. The summed E-state index contributed by atoms with van der Waals surface area (Å²) < 4.78 is 0. The highest BCUT2D eigenvalue weighted by Gasteiger charge is 2.14. The van der Waals surface area contributed by atoms with E-state index in [-0.39, 0.29) is 0 Å². The molecule has 3 N–H and O–H groups in total. The first-order chi connectivity index (χ1) is 9.80. The van der Waals surface area contributed by atoms with Gasteiger partial charge in [0.05, 0.1) is 0 Å². The maximum absolute atomic E-state index is 5.53. The number of hydrazine groups is 1. The number of benzene rings is 1. The van der Waals surface area contributed by atoms with Crippen molar-refractivity contribution in [3.05, 3.63) is 47.8 Å². The fourth-order valence-electron chi connectivity index (χ4n) is 2.27. The summed E-state index contributed by atoms with van der Waals surface area (Å²) in [4.78, 5) is 10.9. The van der Waals surface area contributed by atoms with E-state index in [1.165, 1.54) is 5.56 Å². The van der Waals surface area contributed by atoms with Gasteiger partial charge >= 0.3 is 0 Å². The van der Waals surface area contributed by atoms with Crippen molar-refractivity contribution in [3.63, 3.8) is 0 Å². The largest absolute Gasteiger partial charge is 0.352 e. The molecule has 5 nitrogen and oxygen atoms in total. The summed E-state index contributed by atoms with van der Waals surface area (Å²) >= 11 is 0. The lowest BCUT2D eigenvalue weighted by atomic mass is 10.1. The van der Waals surface area contributed by atoms with Crippen LogP contribution < -0.4 is 16.2 Å². The first kappa shape index (κ1) is 14.3. The van der Waals surface area contributed by atoms with Crippen molar-refractivity contribution in [1.29, 1.82) is 0 Å². The standard InChI is InChI=1S/C15H21N5/c1-3-13-14(19-16)17-11-18-15(13)20(4-2)10-12-8-6-5-7-9-12/h5-9,11H,3-4,10,16H2,1-2H3,(H,17,18,19). The van der Waals surface area contributed by atoms with E-state index in [1.807, 2.05) is 6.07 Å². The molecule has 106 valence electrons.